The van der Waals surface area contributed by atoms with E-state index in [9.17, 15) is 9.18 Å². The molecular formula is C14H22Cl2FN3O. The highest BCUT2D eigenvalue weighted by Crippen LogP contribution is 2.20. The standard InChI is InChI=1S/C14H20FN3O.2ClH/c15-12-5-3-11(4-6-12)10-18-9-1-2-13(18)14(19)17-8-7-16;;/h3-6,13H,1-2,7-10,16H2,(H,17,19);2*1H. The smallest absolute Gasteiger partial charge is 0.237 e. The monoisotopic (exact) mass is 337 g/mol. The Hall–Kier alpha value is -0.880. The molecule has 0 saturated carbocycles. The summed E-state index contributed by atoms with van der Waals surface area (Å²) in [6.45, 7) is 2.55. The molecule has 0 radical (unpaired) electrons. The molecule has 1 saturated heterocycles. The fraction of sp³-hybridized carbons (Fsp3) is 0.500. The number of likely N-dealkylation sites (tertiary alicyclic amines) is 1. The van der Waals surface area contributed by atoms with Gasteiger partial charge in [-0.15, -0.1) is 24.8 Å². The average Bonchev–Trinajstić information content (AvgIpc) is 2.87. The van der Waals surface area contributed by atoms with Crippen molar-refractivity contribution in [2.24, 2.45) is 5.73 Å². The van der Waals surface area contributed by atoms with Crippen LogP contribution in [0.25, 0.3) is 0 Å². The zero-order valence-corrected chi connectivity index (χ0v) is 13.4. The molecule has 1 aliphatic rings. The maximum Gasteiger partial charge on any atom is 0.237 e. The number of nitrogens with zero attached hydrogens (tertiary/aromatic N) is 1. The van der Waals surface area contributed by atoms with Gasteiger partial charge in [0, 0.05) is 19.6 Å². The van der Waals surface area contributed by atoms with Crippen LogP contribution in [-0.2, 0) is 11.3 Å². The number of halogens is 3. The molecule has 1 aliphatic heterocycles. The van der Waals surface area contributed by atoms with Gasteiger partial charge < -0.3 is 11.1 Å². The Balaban J connectivity index is 0.00000200. The minimum Gasteiger partial charge on any atom is -0.353 e. The zero-order valence-electron chi connectivity index (χ0n) is 11.8. The van der Waals surface area contributed by atoms with Crippen LogP contribution in [-0.4, -0.2) is 36.5 Å². The first kappa shape index (κ1) is 20.1. The highest BCUT2D eigenvalue weighted by molar-refractivity contribution is 5.85. The van der Waals surface area contributed by atoms with Gasteiger partial charge in [0.1, 0.15) is 5.82 Å². The summed E-state index contributed by atoms with van der Waals surface area (Å²) >= 11 is 0. The zero-order chi connectivity index (χ0) is 13.7. The third-order valence-corrected chi connectivity index (χ3v) is 3.41. The Kier molecular flexibility index (Phi) is 9.53. The van der Waals surface area contributed by atoms with Crippen LogP contribution in [0.2, 0.25) is 0 Å². The Bertz CT molecular complexity index is 431. The van der Waals surface area contributed by atoms with Crippen LogP contribution in [0.1, 0.15) is 18.4 Å². The number of amides is 1. The fourth-order valence-corrected chi connectivity index (χ4v) is 2.45. The lowest BCUT2D eigenvalue weighted by molar-refractivity contribution is -0.125. The van der Waals surface area contributed by atoms with Crippen LogP contribution in [0.3, 0.4) is 0 Å². The number of hydrogen-bond donors (Lipinski definition) is 2. The molecule has 2 rings (SSSR count). The van der Waals surface area contributed by atoms with E-state index in [1.165, 1.54) is 12.1 Å². The van der Waals surface area contributed by atoms with Crippen molar-refractivity contribution in [3.63, 3.8) is 0 Å². The number of carbonyl (C=O) groups excluding carboxylic acids is 1. The largest absolute Gasteiger partial charge is 0.353 e. The number of benzene rings is 1. The van der Waals surface area contributed by atoms with Gasteiger partial charge in [0.2, 0.25) is 5.91 Å². The molecule has 4 nitrogen and oxygen atoms in total. The van der Waals surface area contributed by atoms with Gasteiger partial charge in [0.25, 0.3) is 0 Å². The third-order valence-electron chi connectivity index (χ3n) is 3.41. The summed E-state index contributed by atoms with van der Waals surface area (Å²) in [5.74, 6) is -0.188. The van der Waals surface area contributed by atoms with E-state index in [0.29, 0.717) is 19.6 Å². The molecule has 1 aromatic carbocycles. The average molecular weight is 338 g/mol. The number of hydrogen-bond acceptors (Lipinski definition) is 3. The van der Waals surface area contributed by atoms with Crippen molar-refractivity contribution in [1.29, 1.82) is 0 Å². The van der Waals surface area contributed by atoms with Gasteiger partial charge in [-0.2, -0.15) is 0 Å². The predicted molar refractivity (Wildman–Crippen MR) is 86.4 cm³/mol. The van der Waals surface area contributed by atoms with Crippen molar-refractivity contribution in [3.05, 3.63) is 35.6 Å². The third kappa shape index (κ3) is 5.79. The molecule has 0 bridgehead atoms. The van der Waals surface area contributed by atoms with Crippen LogP contribution in [0.4, 0.5) is 4.39 Å². The van der Waals surface area contributed by atoms with E-state index in [1.807, 2.05) is 0 Å². The van der Waals surface area contributed by atoms with E-state index in [0.717, 1.165) is 24.9 Å². The summed E-state index contributed by atoms with van der Waals surface area (Å²) in [7, 11) is 0. The Morgan fingerprint density at radius 2 is 2.00 bits per heavy atom. The van der Waals surface area contributed by atoms with Crippen molar-refractivity contribution >= 4 is 30.7 Å². The summed E-state index contributed by atoms with van der Waals surface area (Å²) in [5.41, 5.74) is 6.41. The van der Waals surface area contributed by atoms with E-state index in [2.05, 4.69) is 10.2 Å². The maximum absolute atomic E-state index is 12.9. The molecule has 1 aromatic rings. The molecule has 0 aromatic heterocycles. The van der Waals surface area contributed by atoms with Crippen LogP contribution in [0.5, 0.6) is 0 Å². The molecule has 0 aliphatic carbocycles. The van der Waals surface area contributed by atoms with Crippen LogP contribution in [0, 0.1) is 5.82 Å². The van der Waals surface area contributed by atoms with E-state index in [-0.39, 0.29) is 42.6 Å². The first-order chi connectivity index (χ1) is 9.20. The summed E-state index contributed by atoms with van der Waals surface area (Å²) in [6.07, 6.45) is 1.89. The summed E-state index contributed by atoms with van der Waals surface area (Å²) in [5, 5.41) is 2.83. The summed E-state index contributed by atoms with van der Waals surface area (Å²) < 4.78 is 12.9. The van der Waals surface area contributed by atoms with Gasteiger partial charge in [-0.05, 0) is 37.1 Å². The molecule has 21 heavy (non-hydrogen) atoms. The fourth-order valence-electron chi connectivity index (χ4n) is 2.45. The lowest BCUT2D eigenvalue weighted by atomic mass is 10.1. The number of carbonyl (C=O) groups is 1. The van der Waals surface area contributed by atoms with Gasteiger partial charge in [0.05, 0.1) is 6.04 Å². The van der Waals surface area contributed by atoms with E-state index < -0.39 is 0 Å². The van der Waals surface area contributed by atoms with Crippen LogP contribution >= 0.6 is 24.8 Å². The Morgan fingerprint density at radius 1 is 1.33 bits per heavy atom. The Labute approximate surface area is 137 Å². The molecule has 120 valence electrons. The second kappa shape index (κ2) is 9.95. The first-order valence-electron chi connectivity index (χ1n) is 6.67. The van der Waals surface area contributed by atoms with Crippen molar-refractivity contribution < 1.29 is 9.18 Å². The lowest BCUT2D eigenvalue weighted by Crippen LogP contribution is -2.44. The molecule has 1 fully saturated rings. The predicted octanol–water partition coefficient (Wildman–Crippen LogP) is 1.71. The second-order valence-electron chi connectivity index (χ2n) is 4.83. The number of nitrogens with one attached hydrogen (secondary N) is 1. The molecule has 1 heterocycles. The van der Waals surface area contributed by atoms with Crippen molar-refractivity contribution in [1.82, 2.24) is 10.2 Å². The molecule has 1 unspecified atom stereocenters. The number of nitrogens with two attached hydrogens (primary N) is 1. The SMILES string of the molecule is Cl.Cl.NCCNC(=O)C1CCCN1Cc1ccc(F)cc1. The Morgan fingerprint density at radius 3 is 2.62 bits per heavy atom. The molecular weight excluding hydrogens is 316 g/mol. The lowest BCUT2D eigenvalue weighted by Gasteiger charge is -2.23. The van der Waals surface area contributed by atoms with Gasteiger partial charge in [-0.25, -0.2) is 4.39 Å². The first-order valence-corrected chi connectivity index (χ1v) is 6.67. The summed E-state index contributed by atoms with van der Waals surface area (Å²) in [6, 6.07) is 6.35. The van der Waals surface area contributed by atoms with E-state index in [1.54, 1.807) is 12.1 Å². The van der Waals surface area contributed by atoms with Gasteiger partial charge in [0.15, 0.2) is 0 Å². The quantitative estimate of drug-likeness (QED) is 0.859. The molecule has 3 N–H and O–H groups in total. The van der Waals surface area contributed by atoms with Gasteiger partial charge in [-0.3, -0.25) is 9.69 Å². The maximum atomic E-state index is 12.9. The number of rotatable bonds is 5. The van der Waals surface area contributed by atoms with Crippen molar-refractivity contribution in [2.45, 2.75) is 25.4 Å². The highest BCUT2D eigenvalue weighted by atomic mass is 35.5. The second-order valence-corrected chi connectivity index (χ2v) is 4.83. The van der Waals surface area contributed by atoms with Crippen molar-refractivity contribution in [3.8, 4) is 0 Å². The van der Waals surface area contributed by atoms with Crippen LogP contribution < -0.4 is 11.1 Å². The van der Waals surface area contributed by atoms with E-state index in [4.69, 9.17) is 5.73 Å². The normalized spacial score (nSPS) is 17.7. The van der Waals surface area contributed by atoms with Gasteiger partial charge >= 0.3 is 0 Å². The minimum atomic E-state index is -0.234. The molecule has 1 amide bonds. The van der Waals surface area contributed by atoms with Crippen molar-refractivity contribution in [2.75, 3.05) is 19.6 Å². The summed E-state index contributed by atoms with van der Waals surface area (Å²) in [4.78, 5) is 14.1. The molecule has 0 spiro atoms. The van der Waals surface area contributed by atoms with Crippen LogP contribution in [0.15, 0.2) is 24.3 Å². The van der Waals surface area contributed by atoms with E-state index >= 15 is 0 Å². The highest BCUT2D eigenvalue weighted by Gasteiger charge is 2.30. The molecule has 1 atom stereocenters. The topological polar surface area (TPSA) is 58.4 Å². The molecule has 7 heteroatoms. The van der Waals surface area contributed by atoms with Gasteiger partial charge in [-0.1, -0.05) is 12.1 Å². The minimum absolute atomic E-state index is 0.